The number of aryl methyl sites for hydroxylation is 2. The number of benzene rings is 1. The molecule has 1 unspecified atom stereocenters. The molecule has 2 rings (SSSR count). The van der Waals surface area contributed by atoms with Crippen molar-refractivity contribution in [2.45, 2.75) is 72.5 Å². The summed E-state index contributed by atoms with van der Waals surface area (Å²) in [6, 6.07) is 7.36. The summed E-state index contributed by atoms with van der Waals surface area (Å²) in [5.41, 5.74) is 7.56. The molecule has 0 radical (unpaired) electrons. The molecule has 0 bridgehead atoms. The van der Waals surface area contributed by atoms with E-state index in [1.165, 1.54) is 22.3 Å². The molecule has 0 aromatic heterocycles. The van der Waals surface area contributed by atoms with Crippen LogP contribution >= 0.6 is 0 Å². The van der Waals surface area contributed by atoms with Crippen LogP contribution in [0.15, 0.2) is 41.0 Å². The Hall–Kier alpha value is -1.08. The molecule has 1 aromatic carbocycles. The Morgan fingerprint density at radius 1 is 0.909 bits per heavy atom. The van der Waals surface area contributed by atoms with Gasteiger partial charge in [0, 0.05) is 5.04 Å². The van der Waals surface area contributed by atoms with E-state index in [9.17, 15) is 0 Å². The fraction of sp³-hybridized carbons (Fsp3) is 0.524. The van der Waals surface area contributed by atoms with Gasteiger partial charge in [0.25, 0.3) is 0 Å². The Morgan fingerprint density at radius 3 is 1.77 bits per heavy atom. The minimum atomic E-state index is -1.65. The molecule has 0 heterocycles. The summed E-state index contributed by atoms with van der Waals surface area (Å²) in [5, 5.41) is 1.85. The van der Waals surface area contributed by atoms with Crippen LogP contribution in [-0.2, 0) is 12.8 Å². The minimum Gasteiger partial charge on any atom is -0.0737 e. The predicted molar refractivity (Wildman–Crippen MR) is 103 cm³/mol. The molecular weight excluding hydrogens is 280 g/mol. The third-order valence-corrected chi connectivity index (χ3v) is 11.2. The molecule has 0 saturated heterocycles. The number of hydrogen-bond acceptors (Lipinski definition) is 0. The largest absolute Gasteiger partial charge is 0.0947 e. The monoisotopic (exact) mass is 312 g/mol. The van der Waals surface area contributed by atoms with E-state index in [4.69, 9.17) is 0 Å². The molecule has 0 fully saturated rings. The van der Waals surface area contributed by atoms with Crippen LogP contribution in [-0.4, -0.2) is 8.07 Å². The molecule has 22 heavy (non-hydrogen) atoms. The first kappa shape index (κ1) is 17.3. The van der Waals surface area contributed by atoms with Gasteiger partial charge in [0.2, 0.25) is 0 Å². The van der Waals surface area contributed by atoms with Crippen molar-refractivity contribution >= 4 is 13.3 Å². The molecule has 0 saturated carbocycles. The summed E-state index contributed by atoms with van der Waals surface area (Å²) < 4.78 is 0. The van der Waals surface area contributed by atoms with Gasteiger partial charge in [0.05, 0.1) is 8.07 Å². The van der Waals surface area contributed by atoms with Gasteiger partial charge in [0.15, 0.2) is 0 Å². The van der Waals surface area contributed by atoms with Crippen molar-refractivity contribution in [2.75, 3.05) is 0 Å². The van der Waals surface area contributed by atoms with Gasteiger partial charge >= 0.3 is 0 Å². The number of hydrogen-bond donors (Lipinski definition) is 0. The lowest BCUT2D eigenvalue weighted by Gasteiger charge is -2.41. The minimum absolute atomic E-state index is 0.235. The van der Waals surface area contributed by atoms with E-state index in [0.717, 1.165) is 12.8 Å². The van der Waals surface area contributed by atoms with Gasteiger partial charge in [-0.3, -0.25) is 0 Å². The summed E-state index contributed by atoms with van der Waals surface area (Å²) in [6.45, 7) is 19.0. The van der Waals surface area contributed by atoms with Crippen molar-refractivity contribution in [3.63, 3.8) is 0 Å². The second-order valence-corrected chi connectivity index (χ2v) is 12.5. The number of rotatable bonds is 4. The molecule has 0 aliphatic heterocycles. The topological polar surface area (TPSA) is 0 Å². The van der Waals surface area contributed by atoms with Crippen molar-refractivity contribution < 1.29 is 0 Å². The van der Waals surface area contributed by atoms with Crippen LogP contribution in [0.25, 0.3) is 0 Å². The zero-order valence-corrected chi connectivity index (χ0v) is 16.7. The van der Waals surface area contributed by atoms with E-state index in [2.05, 4.69) is 78.9 Å². The van der Waals surface area contributed by atoms with Crippen molar-refractivity contribution in [1.29, 1.82) is 0 Å². The van der Waals surface area contributed by atoms with E-state index in [0.29, 0.717) is 0 Å². The second-order valence-electron chi connectivity index (χ2n) is 7.65. The van der Waals surface area contributed by atoms with Crippen molar-refractivity contribution in [3.8, 4) is 0 Å². The standard InChI is InChI=1S/C21H32Si/c1-9-18-11-19(10-2)13-20(12-18)22(7,8)21(6)14-15(3)16(4)17(21)5/h11-14H,9-10H2,1-8H3. The van der Waals surface area contributed by atoms with E-state index in [-0.39, 0.29) is 5.04 Å². The fourth-order valence-electron chi connectivity index (χ4n) is 3.82. The van der Waals surface area contributed by atoms with Gasteiger partial charge in [-0.05, 0) is 50.3 Å². The molecule has 0 amide bonds. The van der Waals surface area contributed by atoms with Crippen LogP contribution in [0.4, 0.5) is 0 Å². The van der Waals surface area contributed by atoms with Gasteiger partial charge in [-0.1, -0.05) is 74.5 Å². The average Bonchev–Trinajstić information content (AvgIpc) is 2.71. The van der Waals surface area contributed by atoms with Crippen LogP contribution in [0.3, 0.4) is 0 Å². The van der Waals surface area contributed by atoms with Gasteiger partial charge in [0.1, 0.15) is 0 Å². The highest BCUT2D eigenvalue weighted by Gasteiger charge is 2.46. The smallest absolute Gasteiger partial charge is 0.0737 e. The van der Waals surface area contributed by atoms with E-state index in [1.54, 1.807) is 10.8 Å². The van der Waals surface area contributed by atoms with Crippen LogP contribution in [0, 0.1) is 0 Å². The molecule has 0 spiro atoms. The molecule has 1 aromatic rings. The van der Waals surface area contributed by atoms with Gasteiger partial charge in [-0.2, -0.15) is 0 Å². The Morgan fingerprint density at radius 2 is 1.41 bits per heavy atom. The molecule has 1 atom stereocenters. The Bertz CT molecular complexity index is 624. The average molecular weight is 313 g/mol. The lowest BCUT2D eigenvalue weighted by molar-refractivity contribution is 0.858. The maximum absolute atomic E-state index is 2.55. The van der Waals surface area contributed by atoms with Crippen molar-refractivity contribution in [3.05, 3.63) is 52.1 Å². The molecular formula is C21H32Si. The second kappa shape index (κ2) is 5.85. The summed E-state index contributed by atoms with van der Waals surface area (Å²) >= 11 is 0. The quantitative estimate of drug-likeness (QED) is 0.618. The van der Waals surface area contributed by atoms with E-state index in [1.807, 2.05) is 0 Å². The van der Waals surface area contributed by atoms with E-state index < -0.39 is 8.07 Å². The lowest BCUT2D eigenvalue weighted by atomic mass is 10.0. The first-order chi connectivity index (χ1) is 10.2. The zero-order valence-electron chi connectivity index (χ0n) is 15.7. The maximum Gasteiger partial charge on any atom is 0.0947 e. The maximum atomic E-state index is 2.55. The Labute approximate surface area is 138 Å². The predicted octanol–water partition coefficient (Wildman–Crippen LogP) is 5.78. The third kappa shape index (κ3) is 2.54. The van der Waals surface area contributed by atoms with Crippen LogP contribution in [0.5, 0.6) is 0 Å². The first-order valence-electron chi connectivity index (χ1n) is 8.68. The Balaban J connectivity index is 2.61. The SMILES string of the molecule is CCc1cc(CC)cc([Si](C)(C)C2(C)C=C(C)C(C)=C2C)c1. The highest BCUT2D eigenvalue weighted by Crippen LogP contribution is 2.52. The van der Waals surface area contributed by atoms with Gasteiger partial charge in [-0.15, -0.1) is 0 Å². The highest BCUT2D eigenvalue weighted by atomic mass is 28.3. The van der Waals surface area contributed by atoms with E-state index >= 15 is 0 Å². The van der Waals surface area contributed by atoms with Crippen molar-refractivity contribution in [2.24, 2.45) is 0 Å². The van der Waals surface area contributed by atoms with Crippen LogP contribution in [0.2, 0.25) is 18.1 Å². The molecule has 0 N–H and O–H groups in total. The highest BCUT2D eigenvalue weighted by molar-refractivity contribution is 6.93. The normalized spacial score (nSPS) is 22.3. The van der Waals surface area contributed by atoms with Crippen LogP contribution in [0.1, 0.15) is 52.7 Å². The molecule has 1 aliphatic carbocycles. The summed E-state index contributed by atoms with van der Waals surface area (Å²) in [4.78, 5) is 0. The Kier molecular flexibility index (Phi) is 4.59. The fourth-order valence-corrected chi connectivity index (χ4v) is 7.21. The summed E-state index contributed by atoms with van der Waals surface area (Å²) in [6.07, 6.45) is 4.81. The lowest BCUT2D eigenvalue weighted by Crippen LogP contribution is -2.51. The summed E-state index contributed by atoms with van der Waals surface area (Å²) in [5.74, 6) is 0. The van der Waals surface area contributed by atoms with Crippen molar-refractivity contribution in [1.82, 2.24) is 0 Å². The van der Waals surface area contributed by atoms with Gasteiger partial charge < -0.3 is 0 Å². The number of allylic oxidation sites excluding steroid dienone is 4. The molecule has 120 valence electrons. The first-order valence-corrected chi connectivity index (χ1v) is 11.7. The molecule has 1 heteroatoms. The zero-order chi connectivity index (χ0) is 16.7. The summed E-state index contributed by atoms with van der Waals surface area (Å²) in [7, 11) is -1.65. The van der Waals surface area contributed by atoms with Gasteiger partial charge in [-0.25, -0.2) is 0 Å². The third-order valence-electron chi connectivity index (χ3n) is 6.33. The molecule has 1 aliphatic rings. The molecule has 0 nitrogen and oxygen atoms in total. The van der Waals surface area contributed by atoms with Crippen LogP contribution < -0.4 is 5.19 Å².